The van der Waals surface area contributed by atoms with E-state index in [0.717, 1.165) is 23.1 Å². The van der Waals surface area contributed by atoms with E-state index in [-0.39, 0.29) is 26.7 Å². The number of sulfonamides is 1. The molecule has 0 saturated carbocycles. The van der Waals surface area contributed by atoms with Crippen molar-refractivity contribution in [3.63, 3.8) is 0 Å². The van der Waals surface area contributed by atoms with Crippen LogP contribution in [0.1, 0.15) is 5.56 Å². The van der Waals surface area contributed by atoms with Crippen molar-refractivity contribution < 1.29 is 26.0 Å². The second-order valence-electron chi connectivity index (χ2n) is 5.55. The van der Waals surface area contributed by atoms with Gasteiger partial charge in [0.1, 0.15) is 10.7 Å². The SMILES string of the molecule is O=S(=O)(Nc1cnn(Cc2c(F)cc(F)c(F)c2F)c1)c1cc(Cl)ccc1Cl. The highest BCUT2D eigenvalue weighted by Gasteiger charge is 2.21. The lowest BCUT2D eigenvalue weighted by Gasteiger charge is -2.08. The molecule has 1 aromatic heterocycles. The molecule has 0 saturated heterocycles. The molecule has 12 heteroatoms. The quantitative estimate of drug-likeness (QED) is 0.349. The number of aromatic nitrogens is 2. The minimum absolute atomic E-state index is 0.0561. The van der Waals surface area contributed by atoms with Crippen LogP contribution in [-0.4, -0.2) is 18.2 Å². The van der Waals surface area contributed by atoms with Crippen LogP contribution in [0.4, 0.5) is 23.2 Å². The van der Waals surface area contributed by atoms with Crippen LogP contribution in [0.5, 0.6) is 0 Å². The minimum atomic E-state index is -4.13. The summed E-state index contributed by atoms with van der Waals surface area (Å²) in [4.78, 5) is -0.285. The largest absolute Gasteiger partial charge is 0.276 e. The molecule has 0 aliphatic heterocycles. The summed E-state index contributed by atoms with van der Waals surface area (Å²) in [6, 6.07) is 4.06. The Balaban J connectivity index is 1.86. The molecule has 1 N–H and O–H groups in total. The molecular formula is C16H9Cl2F4N3O2S. The first-order valence-electron chi connectivity index (χ1n) is 7.40. The van der Waals surface area contributed by atoms with Crippen LogP contribution < -0.4 is 4.72 Å². The fourth-order valence-electron chi connectivity index (χ4n) is 2.31. The molecule has 28 heavy (non-hydrogen) atoms. The van der Waals surface area contributed by atoms with Gasteiger partial charge in [-0.15, -0.1) is 0 Å². The van der Waals surface area contributed by atoms with Crippen LogP contribution in [-0.2, 0) is 16.6 Å². The number of hydrogen-bond acceptors (Lipinski definition) is 3. The number of nitrogens with one attached hydrogen (secondary N) is 1. The van der Waals surface area contributed by atoms with Gasteiger partial charge in [0.05, 0.1) is 23.5 Å². The van der Waals surface area contributed by atoms with Gasteiger partial charge in [-0.2, -0.15) is 5.10 Å². The first-order chi connectivity index (χ1) is 13.1. The molecule has 0 radical (unpaired) electrons. The van der Waals surface area contributed by atoms with Crippen LogP contribution in [0.25, 0.3) is 0 Å². The minimum Gasteiger partial charge on any atom is -0.276 e. The van der Waals surface area contributed by atoms with Crippen LogP contribution in [0.3, 0.4) is 0 Å². The second-order valence-corrected chi connectivity index (χ2v) is 8.05. The highest BCUT2D eigenvalue weighted by Crippen LogP contribution is 2.27. The molecular weight excluding hydrogens is 445 g/mol. The van der Waals surface area contributed by atoms with Gasteiger partial charge < -0.3 is 0 Å². The van der Waals surface area contributed by atoms with Crippen molar-refractivity contribution in [3.8, 4) is 0 Å². The van der Waals surface area contributed by atoms with Gasteiger partial charge >= 0.3 is 0 Å². The molecule has 0 unspecified atom stereocenters. The van der Waals surface area contributed by atoms with Crippen molar-refractivity contribution in [1.82, 2.24) is 9.78 Å². The zero-order chi connectivity index (χ0) is 20.6. The monoisotopic (exact) mass is 453 g/mol. The third kappa shape index (κ3) is 4.08. The van der Waals surface area contributed by atoms with Gasteiger partial charge in [0.25, 0.3) is 10.0 Å². The van der Waals surface area contributed by atoms with Gasteiger partial charge in [0, 0.05) is 22.8 Å². The predicted molar refractivity (Wildman–Crippen MR) is 94.9 cm³/mol. The van der Waals surface area contributed by atoms with Crippen molar-refractivity contribution >= 4 is 38.9 Å². The standard InChI is InChI=1S/C16H9Cl2F4N3O2S/c17-8-1-2-11(18)14(3-8)28(26,27)24-9-5-23-25(6-9)7-10-12(19)4-13(20)16(22)15(10)21/h1-6,24H,7H2. The average Bonchev–Trinajstić information content (AvgIpc) is 3.05. The first-order valence-corrected chi connectivity index (χ1v) is 9.64. The van der Waals surface area contributed by atoms with Crippen LogP contribution in [0.15, 0.2) is 41.6 Å². The molecule has 3 aromatic rings. The zero-order valence-corrected chi connectivity index (χ0v) is 15.9. The topological polar surface area (TPSA) is 64.0 Å². The molecule has 148 valence electrons. The maximum absolute atomic E-state index is 13.8. The smallest absolute Gasteiger partial charge is 0.263 e. The van der Waals surface area contributed by atoms with E-state index in [0.29, 0.717) is 0 Å². The summed E-state index contributed by atoms with van der Waals surface area (Å²) in [7, 11) is -4.13. The lowest BCUT2D eigenvalue weighted by molar-refractivity contribution is 0.420. The van der Waals surface area contributed by atoms with Gasteiger partial charge in [-0.05, 0) is 18.2 Å². The predicted octanol–water partition coefficient (Wildman–Crippen LogP) is 4.60. The molecule has 0 spiro atoms. The maximum Gasteiger partial charge on any atom is 0.263 e. The Labute approximate surface area is 166 Å². The Hall–Kier alpha value is -2.30. The van der Waals surface area contributed by atoms with Crippen molar-refractivity contribution in [1.29, 1.82) is 0 Å². The third-order valence-corrected chi connectivity index (χ3v) is 5.70. The molecule has 0 atom stereocenters. The van der Waals surface area contributed by atoms with Gasteiger partial charge in [0.2, 0.25) is 0 Å². The summed E-state index contributed by atoms with van der Waals surface area (Å²) in [5.41, 5.74) is -0.825. The Kier molecular flexibility index (Phi) is 5.55. The lowest BCUT2D eigenvalue weighted by Crippen LogP contribution is -2.13. The van der Waals surface area contributed by atoms with Crippen molar-refractivity contribution in [3.05, 3.63) is 75.5 Å². The normalized spacial score (nSPS) is 11.6. The highest BCUT2D eigenvalue weighted by atomic mass is 35.5. The fourth-order valence-corrected chi connectivity index (χ4v) is 4.10. The Bertz CT molecular complexity index is 1170. The lowest BCUT2D eigenvalue weighted by atomic mass is 10.2. The van der Waals surface area contributed by atoms with Gasteiger partial charge in [-0.1, -0.05) is 23.2 Å². The van der Waals surface area contributed by atoms with Crippen molar-refractivity contribution in [2.45, 2.75) is 11.4 Å². The zero-order valence-electron chi connectivity index (χ0n) is 13.6. The molecule has 0 aliphatic rings. The molecule has 3 rings (SSSR count). The summed E-state index contributed by atoms with van der Waals surface area (Å²) >= 11 is 11.7. The molecule has 0 bridgehead atoms. The van der Waals surface area contributed by atoms with Crippen LogP contribution >= 0.6 is 23.2 Å². The van der Waals surface area contributed by atoms with E-state index < -0.39 is 45.4 Å². The Morgan fingerprint density at radius 1 is 1.04 bits per heavy atom. The third-order valence-electron chi connectivity index (χ3n) is 3.60. The second kappa shape index (κ2) is 7.61. The molecule has 5 nitrogen and oxygen atoms in total. The van der Waals surface area contributed by atoms with E-state index >= 15 is 0 Å². The summed E-state index contributed by atoms with van der Waals surface area (Å²) in [6.07, 6.45) is 2.17. The van der Waals surface area contributed by atoms with Crippen LogP contribution in [0.2, 0.25) is 10.0 Å². The van der Waals surface area contributed by atoms with E-state index in [9.17, 15) is 26.0 Å². The number of rotatable bonds is 5. The number of nitrogens with zero attached hydrogens (tertiary/aromatic N) is 2. The van der Waals surface area contributed by atoms with Crippen molar-refractivity contribution in [2.24, 2.45) is 0 Å². The number of anilines is 1. The van der Waals surface area contributed by atoms with Gasteiger partial charge in [0.15, 0.2) is 17.5 Å². The summed E-state index contributed by atoms with van der Waals surface area (Å²) in [5.74, 6) is -6.48. The summed E-state index contributed by atoms with van der Waals surface area (Å²) in [6.45, 7) is -0.603. The van der Waals surface area contributed by atoms with Gasteiger partial charge in [-0.25, -0.2) is 26.0 Å². The highest BCUT2D eigenvalue weighted by molar-refractivity contribution is 7.92. The molecule has 0 fully saturated rings. The van der Waals surface area contributed by atoms with E-state index in [1.54, 1.807) is 0 Å². The Morgan fingerprint density at radius 3 is 2.46 bits per heavy atom. The summed E-state index contributed by atoms with van der Waals surface area (Å²) < 4.78 is 81.8. The van der Waals surface area contributed by atoms with E-state index in [1.807, 2.05) is 0 Å². The molecule has 2 aromatic carbocycles. The maximum atomic E-state index is 13.8. The molecule has 0 aliphatic carbocycles. The number of hydrogen-bond donors (Lipinski definition) is 1. The number of benzene rings is 2. The summed E-state index contributed by atoms with van der Waals surface area (Å²) in [5, 5.41) is 3.81. The van der Waals surface area contributed by atoms with Gasteiger partial charge in [-0.3, -0.25) is 9.40 Å². The Morgan fingerprint density at radius 2 is 1.75 bits per heavy atom. The number of halogens is 6. The van der Waals surface area contributed by atoms with E-state index in [1.165, 1.54) is 12.1 Å². The molecule has 0 amide bonds. The van der Waals surface area contributed by atoms with Crippen LogP contribution in [0, 0.1) is 23.3 Å². The molecule has 1 heterocycles. The van der Waals surface area contributed by atoms with Crippen molar-refractivity contribution in [2.75, 3.05) is 4.72 Å². The average molecular weight is 454 g/mol. The van der Waals surface area contributed by atoms with E-state index in [2.05, 4.69) is 9.82 Å². The van der Waals surface area contributed by atoms with E-state index in [4.69, 9.17) is 23.2 Å². The fraction of sp³-hybridized carbons (Fsp3) is 0.0625. The first kappa shape index (κ1) is 20.4.